The van der Waals surface area contributed by atoms with Gasteiger partial charge < -0.3 is 10.0 Å². The molecule has 1 N–H and O–H groups in total. The number of para-hydroxylation sites is 1. The number of anilines is 1. The molecule has 0 unspecified atom stereocenters. The van der Waals surface area contributed by atoms with Gasteiger partial charge in [-0.15, -0.1) is 11.8 Å². The van der Waals surface area contributed by atoms with Crippen molar-refractivity contribution in [3.05, 3.63) is 24.3 Å². The summed E-state index contributed by atoms with van der Waals surface area (Å²) in [5.41, 5.74) is 0.982. The van der Waals surface area contributed by atoms with Crippen molar-refractivity contribution < 1.29 is 14.7 Å². The monoisotopic (exact) mass is 320 g/mol. The molecule has 1 aromatic rings. The number of likely N-dealkylation sites (tertiary alicyclic amines) is 1. The van der Waals surface area contributed by atoms with Crippen LogP contribution in [0.15, 0.2) is 29.2 Å². The smallest absolute Gasteiger partial charge is 0.307 e. The number of thioether (sulfide) groups is 1. The fraction of sp³-hybridized carbons (Fsp3) is 0.500. The first-order valence-electron chi connectivity index (χ1n) is 7.62. The quantitative estimate of drug-likeness (QED) is 0.922. The molecule has 0 radical (unpaired) electrons. The topological polar surface area (TPSA) is 60.9 Å². The number of carbonyl (C=O) groups excluding carboxylic acids is 1. The van der Waals surface area contributed by atoms with Crippen LogP contribution in [0.25, 0.3) is 0 Å². The van der Waals surface area contributed by atoms with Crippen LogP contribution in [-0.2, 0) is 9.59 Å². The van der Waals surface area contributed by atoms with Gasteiger partial charge in [-0.25, -0.2) is 0 Å². The van der Waals surface area contributed by atoms with Gasteiger partial charge in [-0.1, -0.05) is 12.1 Å². The number of amides is 1. The van der Waals surface area contributed by atoms with Crippen LogP contribution < -0.4 is 4.90 Å². The van der Waals surface area contributed by atoms with E-state index in [4.69, 9.17) is 5.11 Å². The first kappa shape index (κ1) is 15.4. The third-order valence-corrected chi connectivity index (χ3v) is 5.29. The molecule has 2 aliphatic rings. The lowest BCUT2D eigenvalue weighted by molar-refractivity contribution is -0.144. The largest absolute Gasteiger partial charge is 0.481 e. The molecule has 0 aliphatic carbocycles. The molecule has 22 heavy (non-hydrogen) atoms. The van der Waals surface area contributed by atoms with E-state index in [0.29, 0.717) is 19.5 Å². The van der Waals surface area contributed by atoms with Crippen molar-refractivity contribution in [3.8, 4) is 0 Å². The SMILES string of the molecule is O=C(O)[C@H]1CCCN(CC(=O)N2CCSc3ccccc32)C1. The maximum atomic E-state index is 12.6. The minimum Gasteiger partial charge on any atom is -0.481 e. The van der Waals surface area contributed by atoms with E-state index in [0.717, 1.165) is 35.8 Å². The lowest BCUT2D eigenvalue weighted by Crippen LogP contribution is -2.46. The minimum atomic E-state index is -0.753. The summed E-state index contributed by atoms with van der Waals surface area (Å²) in [6.07, 6.45) is 1.56. The first-order chi connectivity index (χ1) is 10.6. The highest BCUT2D eigenvalue weighted by molar-refractivity contribution is 7.99. The Morgan fingerprint density at radius 2 is 2.09 bits per heavy atom. The molecule has 6 heteroatoms. The second-order valence-corrected chi connectivity index (χ2v) is 6.91. The summed E-state index contributed by atoms with van der Waals surface area (Å²) in [7, 11) is 0. The van der Waals surface area contributed by atoms with E-state index in [1.165, 1.54) is 0 Å². The number of carboxylic acids is 1. The Morgan fingerprint density at radius 1 is 1.27 bits per heavy atom. The van der Waals surface area contributed by atoms with Gasteiger partial charge in [0.15, 0.2) is 0 Å². The molecular formula is C16H20N2O3S. The van der Waals surface area contributed by atoms with Crippen LogP contribution in [0.4, 0.5) is 5.69 Å². The van der Waals surface area contributed by atoms with Gasteiger partial charge in [0, 0.05) is 23.7 Å². The van der Waals surface area contributed by atoms with Gasteiger partial charge in [0.25, 0.3) is 0 Å². The fourth-order valence-corrected chi connectivity index (χ4v) is 4.10. The van der Waals surface area contributed by atoms with Crippen molar-refractivity contribution >= 4 is 29.3 Å². The molecule has 1 aromatic carbocycles. The van der Waals surface area contributed by atoms with E-state index >= 15 is 0 Å². The zero-order valence-corrected chi connectivity index (χ0v) is 13.2. The molecule has 118 valence electrons. The minimum absolute atomic E-state index is 0.0683. The number of carbonyl (C=O) groups is 2. The molecule has 2 aliphatic heterocycles. The average Bonchev–Trinajstić information content (AvgIpc) is 2.54. The predicted octanol–water partition coefficient (Wildman–Crippen LogP) is 1.92. The van der Waals surface area contributed by atoms with Crippen LogP contribution >= 0.6 is 11.8 Å². The van der Waals surface area contributed by atoms with Gasteiger partial charge >= 0.3 is 5.97 Å². The lowest BCUT2D eigenvalue weighted by Gasteiger charge is -2.34. The molecule has 1 fully saturated rings. The number of piperidine rings is 1. The number of aliphatic carboxylic acids is 1. The van der Waals surface area contributed by atoms with Gasteiger partial charge in [-0.2, -0.15) is 0 Å². The number of rotatable bonds is 3. The lowest BCUT2D eigenvalue weighted by atomic mass is 9.98. The number of hydrogen-bond acceptors (Lipinski definition) is 4. The molecule has 1 saturated heterocycles. The third kappa shape index (κ3) is 3.28. The van der Waals surface area contributed by atoms with Crippen molar-refractivity contribution in [2.75, 3.05) is 36.8 Å². The molecular weight excluding hydrogens is 300 g/mol. The Labute approximate surface area is 134 Å². The molecule has 1 amide bonds. The Kier molecular flexibility index (Phi) is 4.69. The summed E-state index contributed by atoms with van der Waals surface area (Å²) >= 11 is 1.78. The second-order valence-electron chi connectivity index (χ2n) is 5.77. The maximum absolute atomic E-state index is 12.6. The molecule has 0 spiro atoms. The van der Waals surface area contributed by atoms with Crippen molar-refractivity contribution in [2.45, 2.75) is 17.7 Å². The summed E-state index contributed by atoms with van der Waals surface area (Å²) in [6.45, 7) is 2.31. The van der Waals surface area contributed by atoms with Crippen LogP contribution in [0, 0.1) is 5.92 Å². The van der Waals surface area contributed by atoms with Crippen molar-refractivity contribution in [1.29, 1.82) is 0 Å². The second kappa shape index (κ2) is 6.71. The molecule has 0 saturated carbocycles. The predicted molar refractivity (Wildman–Crippen MR) is 86.3 cm³/mol. The van der Waals surface area contributed by atoms with Crippen molar-refractivity contribution in [2.24, 2.45) is 5.92 Å². The highest BCUT2D eigenvalue weighted by atomic mass is 32.2. The van der Waals surface area contributed by atoms with Crippen molar-refractivity contribution in [3.63, 3.8) is 0 Å². The molecule has 2 heterocycles. The van der Waals surface area contributed by atoms with Crippen LogP contribution in [0.2, 0.25) is 0 Å². The zero-order chi connectivity index (χ0) is 15.5. The molecule has 5 nitrogen and oxygen atoms in total. The van der Waals surface area contributed by atoms with E-state index < -0.39 is 5.97 Å². The molecule has 3 rings (SSSR count). The van der Waals surface area contributed by atoms with Gasteiger partial charge in [0.2, 0.25) is 5.91 Å². The summed E-state index contributed by atoms with van der Waals surface area (Å²) in [4.78, 5) is 28.7. The third-order valence-electron chi connectivity index (χ3n) is 4.24. The number of benzene rings is 1. The zero-order valence-electron chi connectivity index (χ0n) is 12.4. The van der Waals surface area contributed by atoms with Gasteiger partial charge in [-0.05, 0) is 31.5 Å². The van der Waals surface area contributed by atoms with E-state index in [2.05, 4.69) is 0 Å². The standard InChI is InChI=1S/C16H20N2O3S/c19-15(11-17-7-3-4-12(10-17)16(20)21)18-8-9-22-14-6-2-1-5-13(14)18/h1-2,5-6,12H,3-4,7-11H2,(H,20,21)/t12-/m0/s1. The van der Waals surface area contributed by atoms with E-state index in [1.807, 2.05) is 34.1 Å². The van der Waals surface area contributed by atoms with E-state index in [1.54, 1.807) is 11.8 Å². The number of carboxylic acid groups (broad SMARTS) is 1. The van der Waals surface area contributed by atoms with Crippen LogP contribution in [0.5, 0.6) is 0 Å². The van der Waals surface area contributed by atoms with Gasteiger partial charge in [0.1, 0.15) is 0 Å². The molecule has 0 aromatic heterocycles. The summed E-state index contributed by atoms with van der Waals surface area (Å²) in [6, 6.07) is 7.96. The van der Waals surface area contributed by atoms with Crippen LogP contribution in [0.3, 0.4) is 0 Å². The summed E-state index contributed by atoms with van der Waals surface area (Å²) in [5, 5.41) is 9.14. The Hall–Kier alpha value is -1.53. The maximum Gasteiger partial charge on any atom is 0.307 e. The molecule has 0 bridgehead atoms. The van der Waals surface area contributed by atoms with Gasteiger partial charge in [0.05, 0.1) is 18.2 Å². The fourth-order valence-electron chi connectivity index (χ4n) is 3.11. The Balaban J connectivity index is 1.67. The highest BCUT2D eigenvalue weighted by Crippen LogP contribution is 2.34. The molecule has 1 atom stereocenters. The Morgan fingerprint density at radius 3 is 2.91 bits per heavy atom. The van der Waals surface area contributed by atoms with Crippen molar-refractivity contribution in [1.82, 2.24) is 4.90 Å². The van der Waals surface area contributed by atoms with Crippen LogP contribution in [0.1, 0.15) is 12.8 Å². The number of hydrogen-bond donors (Lipinski definition) is 1. The van der Waals surface area contributed by atoms with E-state index in [9.17, 15) is 9.59 Å². The summed E-state index contributed by atoms with van der Waals surface area (Å²) < 4.78 is 0. The van der Waals surface area contributed by atoms with E-state index in [-0.39, 0.29) is 11.8 Å². The highest BCUT2D eigenvalue weighted by Gasteiger charge is 2.29. The van der Waals surface area contributed by atoms with Crippen LogP contribution in [-0.4, -0.2) is 53.8 Å². The Bertz CT molecular complexity index is 578. The van der Waals surface area contributed by atoms with Gasteiger partial charge in [-0.3, -0.25) is 14.5 Å². The average molecular weight is 320 g/mol. The number of nitrogens with zero attached hydrogens (tertiary/aromatic N) is 2. The normalized spacial score (nSPS) is 22.2. The summed E-state index contributed by atoms with van der Waals surface area (Å²) in [5.74, 6) is -0.123. The first-order valence-corrected chi connectivity index (χ1v) is 8.61. The number of fused-ring (bicyclic) bond motifs is 1.